The first-order valence-electron chi connectivity index (χ1n) is 3.54. The van der Waals surface area contributed by atoms with Crippen LogP contribution in [0.4, 0.5) is 0 Å². The van der Waals surface area contributed by atoms with Crippen LogP contribution in [0.1, 0.15) is 13.3 Å². The van der Waals surface area contributed by atoms with Gasteiger partial charge in [-0.1, -0.05) is 6.58 Å². The molecule has 0 bridgehead atoms. The summed E-state index contributed by atoms with van der Waals surface area (Å²) in [5.74, 6) is -0.235. The molecule has 0 saturated heterocycles. The van der Waals surface area contributed by atoms with Gasteiger partial charge in [0.1, 0.15) is 0 Å². The van der Waals surface area contributed by atoms with Crippen molar-refractivity contribution in [1.29, 1.82) is 0 Å². The van der Waals surface area contributed by atoms with E-state index in [1.807, 2.05) is 0 Å². The molecule has 0 aliphatic rings. The van der Waals surface area contributed by atoms with Gasteiger partial charge in [0.25, 0.3) is 10.1 Å². The first-order valence-corrected chi connectivity index (χ1v) is 5.15. The van der Waals surface area contributed by atoms with Crippen molar-refractivity contribution in [3.8, 4) is 0 Å². The second-order valence-electron chi connectivity index (χ2n) is 2.37. The van der Waals surface area contributed by atoms with Gasteiger partial charge >= 0.3 is 0 Å². The normalized spacial score (nSPS) is 13.0. The van der Waals surface area contributed by atoms with Crippen LogP contribution in [-0.2, 0) is 10.1 Å². The Kier molecular flexibility index (Phi) is 4.77. The Morgan fingerprint density at radius 2 is 2.25 bits per heavy atom. The van der Waals surface area contributed by atoms with E-state index in [2.05, 4.69) is 11.6 Å². The zero-order valence-electron chi connectivity index (χ0n) is 7.02. The van der Waals surface area contributed by atoms with E-state index in [1.165, 1.54) is 0 Å². The fourth-order valence-electron chi connectivity index (χ4n) is 0.567. The Bertz CT molecular complexity index is 266. The molecule has 0 aromatic heterocycles. The lowest BCUT2D eigenvalue weighted by Gasteiger charge is -1.94. The van der Waals surface area contributed by atoms with E-state index in [9.17, 15) is 8.42 Å². The topological polar surface area (TPSA) is 66.7 Å². The average Bonchev–Trinajstić information content (AvgIpc) is 1.96. The molecule has 0 spiro atoms. The van der Waals surface area contributed by atoms with E-state index in [0.717, 1.165) is 5.71 Å². The summed E-state index contributed by atoms with van der Waals surface area (Å²) in [5, 5.41) is 0. The van der Waals surface area contributed by atoms with E-state index < -0.39 is 10.1 Å². The molecule has 70 valence electrons. The Hall–Kier alpha value is -0.680. The van der Waals surface area contributed by atoms with E-state index in [1.54, 1.807) is 13.0 Å². The first-order chi connectivity index (χ1) is 5.45. The van der Waals surface area contributed by atoms with E-state index in [0.29, 0.717) is 13.0 Å². The van der Waals surface area contributed by atoms with Crippen LogP contribution in [0, 0.1) is 0 Å². The smallest absolute Gasteiger partial charge is 0.264 e. The van der Waals surface area contributed by atoms with Gasteiger partial charge in [-0.15, -0.1) is 0 Å². The molecule has 0 rings (SSSR count). The highest BCUT2D eigenvalue weighted by atomic mass is 32.2. The highest BCUT2D eigenvalue weighted by Gasteiger charge is 2.01. The Morgan fingerprint density at radius 3 is 2.67 bits per heavy atom. The standard InChI is InChI=1S/C7H13NO3S/c1-3-7(2)8-5-4-6-12(9,10)11/h3H,1,4-6H2,2H3,(H,9,10,11)/b8-7-. The second kappa shape index (κ2) is 5.05. The van der Waals surface area contributed by atoms with Crippen LogP contribution in [0.3, 0.4) is 0 Å². The van der Waals surface area contributed by atoms with Crippen molar-refractivity contribution < 1.29 is 13.0 Å². The Balaban J connectivity index is 3.66. The van der Waals surface area contributed by atoms with Crippen molar-refractivity contribution in [1.82, 2.24) is 0 Å². The molecular formula is C7H13NO3S. The van der Waals surface area contributed by atoms with Crippen molar-refractivity contribution in [2.24, 2.45) is 4.99 Å². The predicted molar refractivity (Wildman–Crippen MR) is 49.2 cm³/mol. The van der Waals surface area contributed by atoms with Gasteiger partial charge in [-0.25, -0.2) is 0 Å². The summed E-state index contributed by atoms with van der Waals surface area (Å²) in [7, 11) is -3.82. The molecular weight excluding hydrogens is 178 g/mol. The second-order valence-corrected chi connectivity index (χ2v) is 3.94. The zero-order valence-corrected chi connectivity index (χ0v) is 7.84. The van der Waals surface area contributed by atoms with Crippen molar-refractivity contribution in [2.75, 3.05) is 12.3 Å². The zero-order chi connectivity index (χ0) is 9.61. The van der Waals surface area contributed by atoms with Crippen LogP contribution < -0.4 is 0 Å². The molecule has 0 radical (unpaired) electrons. The predicted octanol–water partition coefficient (Wildman–Crippen LogP) is 0.911. The number of hydrogen-bond acceptors (Lipinski definition) is 3. The summed E-state index contributed by atoms with van der Waals surface area (Å²) in [6, 6.07) is 0. The molecule has 1 N–H and O–H groups in total. The number of aliphatic imine (C=N–C) groups is 1. The minimum absolute atomic E-state index is 0.235. The number of allylic oxidation sites excluding steroid dienone is 1. The van der Waals surface area contributed by atoms with Crippen molar-refractivity contribution in [2.45, 2.75) is 13.3 Å². The van der Waals surface area contributed by atoms with Crippen LogP contribution in [-0.4, -0.2) is 31.0 Å². The number of nitrogens with zero attached hydrogens (tertiary/aromatic N) is 1. The summed E-state index contributed by atoms with van der Waals surface area (Å²) in [6.45, 7) is 5.67. The molecule has 0 aliphatic heterocycles. The number of rotatable bonds is 5. The van der Waals surface area contributed by atoms with E-state index in [4.69, 9.17) is 4.55 Å². The summed E-state index contributed by atoms with van der Waals surface area (Å²) in [4.78, 5) is 3.97. The fraction of sp³-hybridized carbons (Fsp3) is 0.571. The third-order valence-corrected chi connectivity index (χ3v) is 2.02. The summed E-state index contributed by atoms with van der Waals surface area (Å²) in [6.07, 6.45) is 1.93. The van der Waals surface area contributed by atoms with Gasteiger partial charge in [-0.2, -0.15) is 8.42 Å². The van der Waals surface area contributed by atoms with Crippen LogP contribution >= 0.6 is 0 Å². The lowest BCUT2D eigenvalue weighted by molar-refractivity contribution is 0.481. The molecule has 5 heteroatoms. The molecule has 0 fully saturated rings. The van der Waals surface area contributed by atoms with Crippen LogP contribution in [0.15, 0.2) is 17.6 Å². The van der Waals surface area contributed by atoms with Crippen LogP contribution in [0.5, 0.6) is 0 Å². The number of hydrogen-bond donors (Lipinski definition) is 1. The van der Waals surface area contributed by atoms with Gasteiger partial charge in [0.05, 0.1) is 5.75 Å². The monoisotopic (exact) mass is 191 g/mol. The largest absolute Gasteiger partial charge is 0.290 e. The first kappa shape index (κ1) is 11.3. The van der Waals surface area contributed by atoms with Gasteiger partial charge < -0.3 is 0 Å². The Morgan fingerprint density at radius 1 is 1.67 bits per heavy atom. The van der Waals surface area contributed by atoms with Crippen LogP contribution in [0.2, 0.25) is 0 Å². The van der Waals surface area contributed by atoms with Crippen LogP contribution in [0.25, 0.3) is 0 Å². The van der Waals surface area contributed by atoms with Gasteiger partial charge in [0, 0.05) is 12.3 Å². The molecule has 0 amide bonds. The summed E-state index contributed by atoms with van der Waals surface area (Å²) < 4.78 is 28.8. The SMILES string of the molecule is C=C/C(C)=N\CCCS(=O)(=O)O. The maximum atomic E-state index is 10.2. The average molecular weight is 191 g/mol. The van der Waals surface area contributed by atoms with Gasteiger partial charge in [0.15, 0.2) is 0 Å². The van der Waals surface area contributed by atoms with Crippen molar-refractivity contribution in [3.63, 3.8) is 0 Å². The quantitative estimate of drug-likeness (QED) is 0.399. The highest BCUT2D eigenvalue weighted by molar-refractivity contribution is 7.85. The summed E-state index contributed by atoms with van der Waals surface area (Å²) in [5.41, 5.74) is 0.769. The molecule has 0 aromatic carbocycles. The fourth-order valence-corrected chi connectivity index (χ4v) is 1.06. The third-order valence-electron chi connectivity index (χ3n) is 1.22. The Labute approximate surface area is 72.8 Å². The van der Waals surface area contributed by atoms with Gasteiger partial charge in [-0.3, -0.25) is 9.55 Å². The van der Waals surface area contributed by atoms with Crippen molar-refractivity contribution in [3.05, 3.63) is 12.7 Å². The summed E-state index contributed by atoms with van der Waals surface area (Å²) >= 11 is 0. The maximum absolute atomic E-state index is 10.2. The van der Waals surface area contributed by atoms with E-state index in [-0.39, 0.29) is 5.75 Å². The molecule has 4 nitrogen and oxygen atoms in total. The third kappa shape index (κ3) is 7.43. The highest BCUT2D eigenvalue weighted by Crippen LogP contribution is 1.90. The van der Waals surface area contributed by atoms with Crippen molar-refractivity contribution >= 4 is 15.8 Å². The maximum Gasteiger partial charge on any atom is 0.264 e. The lowest BCUT2D eigenvalue weighted by atomic mass is 10.4. The molecule has 0 aliphatic carbocycles. The van der Waals surface area contributed by atoms with Gasteiger partial charge in [0.2, 0.25) is 0 Å². The van der Waals surface area contributed by atoms with E-state index >= 15 is 0 Å². The lowest BCUT2D eigenvalue weighted by Crippen LogP contribution is -2.05. The molecule has 0 heterocycles. The minimum Gasteiger partial charge on any atom is -0.290 e. The molecule has 12 heavy (non-hydrogen) atoms. The molecule has 0 atom stereocenters. The molecule has 0 saturated carbocycles. The minimum atomic E-state index is -3.82. The molecule has 0 aromatic rings. The van der Waals surface area contributed by atoms with Gasteiger partial charge in [-0.05, 0) is 19.4 Å². The molecule has 0 unspecified atom stereocenters.